The van der Waals surface area contributed by atoms with Gasteiger partial charge in [-0.05, 0) is 18.6 Å². The monoisotopic (exact) mass is 328 g/mol. The van der Waals surface area contributed by atoms with E-state index in [1.165, 1.54) is 11.3 Å². The lowest BCUT2D eigenvalue weighted by Gasteiger charge is -2.05. The molecular weight excluding hydrogens is 312 g/mol. The van der Waals surface area contributed by atoms with Gasteiger partial charge >= 0.3 is 0 Å². The fourth-order valence-corrected chi connectivity index (χ4v) is 3.39. The summed E-state index contributed by atoms with van der Waals surface area (Å²) in [5, 5.41) is 3.42. The topological polar surface area (TPSA) is 114 Å². The first-order chi connectivity index (χ1) is 9.79. The number of aromatic nitrogens is 1. The Balaban J connectivity index is 2.10. The maximum Gasteiger partial charge on any atom is 0.263 e. The SMILES string of the molecule is Cc1ccnc2sc(C(=O)NCCNS(C)(=O)=O)c(N)c12. The van der Waals surface area contributed by atoms with Crippen molar-refractivity contribution in [2.45, 2.75) is 6.92 Å². The number of amides is 1. The molecule has 2 aromatic rings. The Hall–Kier alpha value is -1.71. The van der Waals surface area contributed by atoms with E-state index in [2.05, 4.69) is 15.0 Å². The maximum absolute atomic E-state index is 12.1. The summed E-state index contributed by atoms with van der Waals surface area (Å²) in [6, 6.07) is 1.84. The molecule has 0 saturated heterocycles. The van der Waals surface area contributed by atoms with Crippen molar-refractivity contribution in [3.8, 4) is 0 Å². The molecule has 0 spiro atoms. The minimum atomic E-state index is -3.25. The largest absolute Gasteiger partial charge is 0.397 e. The summed E-state index contributed by atoms with van der Waals surface area (Å²) < 4.78 is 24.1. The molecule has 0 aromatic carbocycles. The number of rotatable bonds is 5. The van der Waals surface area contributed by atoms with Gasteiger partial charge in [0.2, 0.25) is 10.0 Å². The van der Waals surface area contributed by atoms with Crippen molar-refractivity contribution in [3.63, 3.8) is 0 Å². The lowest BCUT2D eigenvalue weighted by atomic mass is 10.2. The number of pyridine rings is 1. The van der Waals surface area contributed by atoms with Gasteiger partial charge in [-0.2, -0.15) is 0 Å². The van der Waals surface area contributed by atoms with Crippen LogP contribution in [-0.2, 0) is 10.0 Å². The third kappa shape index (κ3) is 3.69. The normalized spacial score (nSPS) is 11.7. The van der Waals surface area contributed by atoms with E-state index >= 15 is 0 Å². The molecule has 0 unspecified atom stereocenters. The van der Waals surface area contributed by atoms with Gasteiger partial charge in [-0.25, -0.2) is 18.1 Å². The number of hydrogen-bond donors (Lipinski definition) is 3. The summed E-state index contributed by atoms with van der Waals surface area (Å²) in [4.78, 5) is 17.4. The van der Waals surface area contributed by atoms with E-state index in [-0.39, 0.29) is 19.0 Å². The fraction of sp³-hybridized carbons (Fsp3) is 0.333. The Morgan fingerprint density at radius 2 is 2.14 bits per heavy atom. The number of fused-ring (bicyclic) bond motifs is 1. The lowest BCUT2D eigenvalue weighted by Crippen LogP contribution is -2.34. The predicted octanol–water partition coefficient (Wildman–Crippen LogP) is 0.466. The van der Waals surface area contributed by atoms with Gasteiger partial charge in [0.1, 0.15) is 9.71 Å². The number of carbonyl (C=O) groups is 1. The molecule has 0 aliphatic rings. The fourth-order valence-electron chi connectivity index (χ4n) is 1.86. The number of nitrogen functional groups attached to an aromatic ring is 1. The van der Waals surface area contributed by atoms with Crippen LogP contribution in [-0.4, -0.2) is 38.7 Å². The molecule has 2 heterocycles. The van der Waals surface area contributed by atoms with Gasteiger partial charge in [0.25, 0.3) is 5.91 Å². The quantitative estimate of drug-likeness (QED) is 0.690. The number of hydrogen-bond acceptors (Lipinski definition) is 6. The van der Waals surface area contributed by atoms with Crippen molar-refractivity contribution < 1.29 is 13.2 Å². The second-order valence-electron chi connectivity index (χ2n) is 4.58. The molecule has 9 heteroatoms. The van der Waals surface area contributed by atoms with E-state index < -0.39 is 10.0 Å². The number of anilines is 1. The van der Waals surface area contributed by atoms with Gasteiger partial charge in [-0.3, -0.25) is 4.79 Å². The first-order valence-electron chi connectivity index (χ1n) is 6.16. The van der Waals surface area contributed by atoms with Crippen LogP contribution < -0.4 is 15.8 Å². The predicted molar refractivity (Wildman–Crippen MR) is 83.9 cm³/mol. The van der Waals surface area contributed by atoms with Crippen LogP contribution in [0.15, 0.2) is 12.3 Å². The number of aryl methyl sites for hydroxylation is 1. The third-order valence-corrected chi connectivity index (χ3v) is 4.66. The summed E-state index contributed by atoms with van der Waals surface area (Å²) in [5.74, 6) is -0.329. The molecule has 2 rings (SSSR count). The minimum absolute atomic E-state index is 0.132. The highest BCUT2D eigenvalue weighted by molar-refractivity contribution is 7.88. The van der Waals surface area contributed by atoms with Crippen LogP contribution >= 0.6 is 11.3 Å². The first kappa shape index (κ1) is 15.7. The van der Waals surface area contributed by atoms with Gasteiger partial charge < -0.3 is 11.1 Å². The number of nitrogens with two attached hydrogens (primary N) is 1. The Kier molecular flexibility index (Phi) is 4.45. The van der Waals surface area contributed by atoms with Crippen LogP contribution in [0.2, 0.25) is 0 Å². The molecule has 0 bridgehead atoms. The number of nitrogens with one attached hydrogen (secondary N) is 2. The highest BCUT2D eigenvalue weighted by Gasteiger charge is 2.17. The summed E-state index contributed by atoms with van der Waals surface area (Å²) in [6.45, 7) is 2.23. The third-order valence-electron chi connectivity index (χ3n) is 2.82. The van der Waals surface area contributed by atoms with Crippen molar-refractivity contribution >= 4 is 43.2 Å². The van der Waals surface area contributed by atoms with E-state index in [1.807, 2.05) is 13.0 Å². The van der Waals surface area contributed by atoms with Crippen LogP contribution in [0, 0.1) is 6.92 Å². The van der Waals surface area contributed by atoms with Crippen LogP contribution in [0.3, 0.4) is 0 Å². The van der Waals surface area contributed by atoms with Crippen LogP contribution in [0.5, 0.6) is 0 Å². The Labute approximate surface area is 126 Å². The highest BCUT2D eigenvalue weighted by atomic mass is 32.2. The zero-order valence-corrected chi connectivity index (χ0v) is 13.3. The molecule has 2 aromatic heterocycles. The maximum atomic E-state index is 12.1. The molecule has 21 heavy (non-hydrogen) atoms. The molecule has 0 atom stereocenters. The summed E-state index contributed by atoms with van der Waals surface area (Å²) in [7, 11) is -3.25. The lowest BCUT2D eigenvalue weighted by molar-refractivity contribution is 0.0959. The second-order valence-corrected chi connectivity index (χ2v) is 7.41. The smallest absolute Gasteiger partial charge is 0.263 e. The standard InChI is InChI=1S/C12H16N4O3S2/c1-7-3-4-15-12-8(7)9(13)10(20-12)11(17)14-5-6-16-21(2,18)19/h3-4,16H,5-6,13H2,1-2H3,(H,14,17). The van der Waals surface area contributed by atoms with E-state index in [0.717, 1.165) is 17.2 Å². The number of carbonyl (C=O) groups excluding carboxylic acids is 1. The van der Waals surface area contributed by atoms with Gasteiger partial charge in [-0.15, -0.1) is 11.3 Å². The highest BCUT2D eigenvalue weighted by Crippen LogP contribution is 2.33. The van der Waals surface area contributed by atoms with Crippen LogP contribution in [0.1, 0.15) is 15.2 Å². The average molecular weight is 328 g/mol. The van der Waals surface area contributed by atoms with Crippen molar-refractivity contribution in [1.29, 1.82) is 0 Å². The molecule has 0 radical (unpaired) electrons. The summed E-state index contributed by atoms with van der Waals surface area (Å²) >= 11 is 1.22. The average Bonchev–Trinajstić information content (AvgIpc) is 2.72. The van der Waals surface area contributed by atoms with Crippen molar-refractivity contribution in [2.24, 2.45) is 0 Å². The molecule has 7 nitrogen and oxygen atoms in total. The molecule has 4 N–H and O–H groups in total. The Bertz CT molecular complexity index is 783. The van der Waals surface area contributed by atoms with Gasteiger partial charge in [0.05, 0.1) is 11.9 Å². The molecule has 0 saturated carbocycles. The summed E-state index contributed by atoms with van der Waals surface area (Å²) in [6.07, 6.45) is 2.73. The van der Waals surface area contributed by atoms with E-state index in [1.54, 1.807) is 6.20 Å². The first-order valence-corrected chi connectivity index (χ1v) is 8.87. The van der Waals surface area contributed by atoms with Gasteiger partial charge in [0.15, 0.2) is 0 Å². The molecular formula is C12H16N4O3S2. The minimum Gasteiger partial charge on any atom is -0.397 e. The Morgan fingerprint density at radius 3 is 2.76 bits per heavy atom. The Morgan fingerprint density at radius 1 is 1.43 bits per heavy atom. The molecule has 114 valence electrons. The number of thiophene rings is 1. The van der Waals surface area contributed by atoms with Crippen LogP contribution in [0.4, 0.5) is 5.69 Å². The molecule has 0 aliphatic heterocycles. The van der Waals surface area contributed by atoms with E-state index in [4.69, 9.17) is 5.73 Å². The summed E-state index contributed by atoms with van der Waals surface area (Å²) in [5.41, 5.74) is 7.39. The molecule has 0 aliphatic carbocycles. The number of sulfonamides is 1. The second kappa shape index (κ2) is 5.96. The molecule has 0 fully saturated rings. The zero-order chi connectivity index (χ0) is 15.6. The van der Waals surface area contributed by atoms with Crippen molar-refractivity contribution in [1.82, 2.24) is 15.0 Å². The zero-order valence-electron chi connectivity index (χ0n) is 11.6. The van der Waals surface area contributed by atoms with Crippen LogP contribution in [0.25, 0.3) is 10.2 Å². The molecule has 1 amide bonds. The number of nitrogens with zero attached hydrogens (tertiary/aromatic N) is 1. The van der Waals surface area contributed by atoms with Gasteiger partial charge in [-0.1, -0.05) is 0 Å². The van der Waals surface area contributed by atoms with Crippen molar-refractivity contribution in [2.75, 3.05) is 25.1 Å². The van der Waals surface area contributed by atoms with E-state index in [0.29, 0.717) is 15.4 Å². The van der Waals surface area contributed by atoms with E-state index in [9.17, 15) is 13.2 Å². The van der Waals surface area contributed by atoms with Gasteiger partial charge in [0, 0.05) is 24.7 Å². The van der Waals surface area contributed by atoms with Crippen molar-refractivity contribution in [3.05, 3.63) is 22.7 Å².